The van der Waals surface area contributed by atoms with Crippen molar-refractivity contribution in [3.63, 3.8) is 0 Å². The van der Waals surface area contributed by atoms with Crippen LogP contribution in [0.3, 0.4) is 0 Å². The van der Waals surface area contributed by atoms with E-state index in [9.17, 15) is 9.46 Å². The maximum Gasteiger partial charge on any atom is 0.162 e. The van der Waals surface area contributed by atoms with Crippen LogP contribution in [0.5, 0.6) is 0 Å². The first-order chi connectivity index (χ1) is 8.55. The Morgan fingerprint density at radius 1 is 0.889 bits per heavy atom. The van der Waals surface area contributed by atoms with Gasteiger partial charge in [0.15, 0.2) is 7.60 Å². The lowest BCUT2D eigenvalue weighted by atomic mass is 10.0. The van der Waals surface area contributed by atoms with Crippen LogP contribution in [0, 0.1) is 0 Å². The van der Waals surface area contributed by atoms with Gasteiger partial charge in [-0.25, -0.2) is 0 Å². The molecular weight excluding hydrogens is 247 g/mol. The van der Waals surface area contributed by atoms with Gasteiger partial charge in [-0.05, 0) is 33.7 Å². The van der Waals surface area contributed by atoms with E-state index in [0.29, 0.717) is 0 Å². The van der Waals surface area contributed by atoms with Crippen LogP contribution in [0.2, 0.25) is 0 Å². The maximum atomic E-state index is 11.1. The molecule has 0 aliphatic carbocycles. The van der Waals surface area contributed by atoms with Gasteiger partial charge in [0.2, 0.25) is 0 Å². The third kappa shape index (κ3) is 1.83. The van der Waals surface area contributed by atoms with Crippen molar-refractivity contribution < 1.29 is 14.4 Å². The van der Waals surface area contributed by atoms with Crippen molar-refractivity contribution in [1.29, 1.82) is 0 Å². The third-order valence-electron chi connectivity index (χ3n) is 3.05. The zero-order chi connectivity index (χ0) is 12.8. The molecule has 0 aliphatic heterocycles. The molecule has 3 aromatic rings. The van der Waals surface area contributed by atoms with Crippen molar-refractivity contribution in [2.24, 2.45) is 0 Å². The summed E-state index contributed by atoms with van der Waals surface area (Å²) in [6.45, 7) is 0. The predicted octanol–water partition coefficient (Wildman–Crippen LogP) is 2.16. The summed E-state index contributed by atoms with van der Waals surface area (Å²) in [5.41, 5.74) is 0. The van der Waals surface area contributed by atoms with Gasteiger partial charge in [-0.1, -0.05) is 42.5 Å². The first-order valence-electron chi connectivity index (χ1n) is 5.51. The summed E-state index contributed by atoms with van der Waals surface area (Å²) in [4.78, 5) is 20.2. The standard InChI is InChI=1S/C14H11O3P/c15-18(16,17)12-7-8-14-11(9-12)6-5-10-3-1-2-4-13(10)14/h1-9H,(H2,15,16,17)/p-1. The van der Waals surface area contributed by atoms with E-state index in [1.165, 1.54) is 12.1 Å². The summed E-state index contributed by atoms with van der Waals surface area (Å²) in [5.74, 6) is 0. The molecule has 0 saturated heterocycles. The minimum Gasteiger partial charge on any atom is -0.775 e. The third-order valence-corrected chi connectivity index (χ3v) is 3.99. The van der Waals surface area contributed by atoms with Gasteiger partial charge < -0.3 is 14.4 Å². The lowest BCUT2D eigenvalue weighted by Gasteiger charge is -2.16. The van der Waals surface area contributed by atoms with Crippen molar-refractivity contribution in [2.75, 3.05) is 0 Å². The molecule has 0 spiro atoms. The molecule has 0 aromatic heterocycles. The Morgan fingerprint density at radius 2 is 1.56 bits per heavy atom. The van der Waals surface area contributed by atoms with Crippen molar-refractivity contribution in [3.8, 4) is 0 Å². The van der Waals surface area contributed by atoms with Gasteiger partial charge in [0.25, 0.3) is 0 Å². The second-order valence-electron chi connectivity index (χ2n) is 4.21. The lowest BCUT2D eigenvalue weighted by molar-refractivity contribution is -0.188. The molecule has 1 unspecified atom stereocenters. The quantitative estimate of drug-likeness (QED) is 0.536. The topological polar surface area (TPSA) is 60.4 Å². The van der Waals surface area contributed by atoms with Crippen LogP contribution in [-0.2, 0) is 4.57 Å². The summed E-state index contributed by atoms with van der Waals surface area (Å²) in [7, 11) is -4.43. The molecule has 1 N–H and O–H groups in total. The first-order valence-corrected chi connectivity index (χ1v) is 7.09. The van der Waals surface area contributed by atoms with Crippen LogP contribution < -0.4 is 10.2 Å². The molecule has 0 aliphatic rings. The second kappa shape index (κ2) is 3.92. The van der Waals surface area contributed by atoms with Crippen LogP contribution in [-0.4, -0.2) is 4.89 Å². The van der Waals surface area contributed by atoms with E-state index in [2.05, 4.69) is 0 Å². The lowest BCUT2D eigenvalue weighted by Crippen LogP contribution is -2.13. The summed E-state index contributed by atoms with van der Waals surface area (Å²) in [6, 6.07) is 16.4. The molecule has 18 heavy (non-hydrogen) atoms. The highest BCUT2D eigenvalue weighted by Crippen LogP contribution is 2.31. The summed E-state index contributed by atoms with van der Waals surface area (Å²) in [5, 5.41) is 3.90. The molecule has 0 fully saturated rings. The fourth-order valence-electron chi connectivity index (χ4n) is 2.18. The zero-order valence-electron chi connectivity index (χ0n) is 9.41. The Bertz CT molecular complexity index is 789. The Morgan fingerprint density at radius 3 is 2.33 bits per heavy atom. The molecule has 0 radical (unpaired) electrons. The fraction of sp³-hybridized carbons (Fsp3) is 0. The first kappa shape index (κ1) is 11.4. The van der Waals surface area contributed by atoms with E-state index < -0.39 is 7.60 Å². The molecule has 3 aromatic carbocycles. The monoisotopic (exact) mass is 257 g/mol. The van der Waals surface area contributed by atoms with Crippen LogP contribution in [0.4, 0.5) is 0 Å². The smallest absolute Gasteiger partial charge is 0.162 e. The Kier molecular flexibility index (Phi) is 2.49. The molecule has 0 saturated carbocycles. The Balaban J connectivity index is 2.38. The van der Waals surface area contributed by atoms with Crippen molar-refractivity contribution in [1.82, 2.24) is 0 Å². The van der Waals surface area contributed by atoms with Crippen molar-refractivity contribution in [3.05, 3.63) is 54.6 Å². The molecule has 3 nitrogen and oxygen atoms in total. The van der Waals surface area contributed by atoms with Gasteiger partial charge in [-0.15, -0.1) is 0 Å². The van der Waals surface area contributed by atoms with Crippen LogP contribution in [0.25, 0.3) is 21.5 Å². The SMILES string of the molecule is O=P([O-])(O)c1ccc2c(ccc3ccccc32)c1. The van der Waals surface area contributed by atoms with E-state index in [-0.39, 0.29) is 5.30 Å². The summed E-state index contributed by atoms with van der Waals surface area (Å²) in [6.07, 6.45) is 0. The molecular formula is C14H10O3P-. The van der Waals surface area contributed by atoms with Gasteiger partial charge in [-0.3, -0.25) is 0 Å². The second-order valence-corrected chi connectivity index (χ2v) is 5.77. The van der Waals surface area contributed by atoms with Crippen LogP contribution in [0.1, 0.15) is 0 Å². The van der Waals surface area contributed by atoms with E-state index in [0.717, 1.165) is 21.5 Å². The van der Waals surface area contributed by atoms with E-state index in [1.54, 1.807) is 6.07 Å². The van der Waals surface area contributed by atoms with Gasteiger partial charge >= 0.3 is 0 Å². The Labute approximate surface area is 104 Å². The Hall–Kier alpha value is -1.67. The number of fused-ring (bicyclic) bond motifs is 3. The van der Waals surface area contributed by atoms with Crippen LogP contribution in [0.15, 0.2) is 54.6 Å². The van der Waals surface area contributed by atoms with E-state index >= 15 is 0 Å². The summed E-state index contributed by atoms with van der Waals surface area (Å²) >= 11 is 0. The molecule has 90 valence electrons. The van der Waals surface area contributed by atoms with Crippen molar-refractivity contribution >= 4 is 34.4 Å². The van der Waals surface area contributed by atoms with Gasteiger partial charge in [-0.2, -0.15) is 0 Å². The van der Waals surface area contributed by atoms with Crippen LogP contribution >= 0.6 is 7.60 Å². The average molecular weight is 257 g/mol. The van der Waals surface area contributed by atoms with Gasteiger partial charge in [0.05, 0.1) is 0 Å². The number of hydrogen-bond donors (Lipinski definition) is 1. The molecule has 0 heterocycles. The predicted molar refractivity (Wildman–Crippen MR) is 70.9 cm³/mol. The molecule has 3 rings (SSSR count). The highest BCUT2D eigenvalue weighted by Gasteiger charge is 2.08. The molecule has 0 bridgehead atoms. The average Bonchev–Trinajstić information content (AvgIpc) is 2.37. The van der Waals surface area contributed by atoms with Gasteiger partial charge in [0.1, 0.15) is 0 Å². The van der Waals surface area contributed by atoms with Crippen molar-refractivity contribution in [2.45, 2.75) is 0 Å². The normalized spacial score (nSPS) is 14.8. The highest BCUT2D eigenvalue weighted by atomic mass is 31.2. The van der Waals surface area contributed by atoms with E-state index in [1.807, 2.05) is 36.4 Å². The van der Waals surface area contributed by atoms with Gasteiger partial charge in [0, 0.05) is 5.30 Å². The molecule has 0 amide bonds. The largest absolute Gasteiger partial charge is 0.775 e. The minimum atomic E-state index is -4.43. The number of benzene rings is 3. The fourth-order valence-corrected chi connectivity index (χ4v) is 2.74. The molecule has 1 atom stereocenters. The zero-order valence-corrected chi connectivity index (χ0v) is 10.3. The maximum absolute atomic E-state index is 11.1. The summed E-state index contributed by atoms with van der Waals surface area (Å²) < 4.78 is 11.1. The van der Waals surface area contributed by atoms with E-state index in [4.69, 9.17) is 4.89 Å². The molecule has 4 heteroatoms. The number of rotatable bonds is 1. The highest BCUT2D eigenvalue weighted by molar-refractivity contribution is 7.58. The number of hydrogen-bond acceptors (Lipinski definition) is 2. The minimum absolute atomic E-state index is 0.0507.